The molecular formula is C12H18ClN3O3S. The van der Waals surface area contributed by atoms with Crippen molar-refractivity contribution in [1.29, 1.82) is 0 Å². The molecule has 0 unspecified atom stereocenters. The number of amides is 1. The Morgan fingerprint density at radius 3 is 2.65 bits per heavy atom. The third-order valence-corrected chi connectivity index (χ3v) is 4.48. The van der Waals surface area contributed by atoms with Crippen LogP contribution >= 0.6 is 11.6 Å². The maximum atomic E-state index is 12.1. The van der Waals surface area contributed by atoms with Crippen molar-refractivity contribution in [2.24, 2.45) is 0 Å². The van der Waals surface area contributed by atoms with Crippen LogP contribution in [0.15, 0.2) is 17.0 Å². The Morgan fingerprint density at radius 1 is 1.40 bits per heavy atom. The van der Waals surface area contributed by atoms with Crippen molar-refractivity contribution in [3.05, 3.63) is 22.7 Å². The van der Waals surface area contributed by atoms with Crippen molar-refractivity contribution in [2.45, 2.75) is 25.2 Å². The van der Waals surface area contributed by atoms with Gasteiger partial charge in [-0.3, -0.25) is 4.79 Å². The van der Waals surface area contributed by atoms with E-state index in [2.05, 4.69) is 10.0 Å². The second-order valence-corrected chi connectivity index (χ2v) is 6.39. The van der Waals surface area contributed by atoms with Crippen molar-refractivity contribution >= 4 is 33.2 Å². The first-order valence-electron chi connectivity index (χ1n) is 6.10. The van der Waals surface area contributed by atoms with Crippen molar-refractivity contribution < 1.29 is 13.2 Å². The zero-order valence-corrected chi connectivity index (χ0v) is 12.9. The summed E-state index contributed by atoms with van der Waals surface area (Å²) in [5.74, 6) is -0.211. The van der Waals surface area contributed by atoms with Gasteiger partial charge in [-0.25, -0.2) is 13.1 Å². The minimum Gasteiger partial charge on any atom is -0.398 e. The van der Waals surface area contributed by atoms with E-state index in [4.69, 9.17) is 17.3 Å². The minimum atomic E-state index is -3.74. The van der Waals surface area contributed by atoms with Gasteiger partial charge in [0, 0.05) is 30.2 Å². The van der Waals surface area contributed by atoms with Gasteiger partial charge in [0.15, 0.2) is 0 Å². The van der Waals surface area contributed by atoms with E-state index in [0.29, 0.717) is 17.8 Å². The van der Waals surface area contributed by atoms with Crippen LogP contribution in [-0.2, 0) is 14.8 Å². The number of sulfonamides is 1. The molecule has 0 aliphatic rings. The Balaban J connectivity index is 2.82. The first-order chi connectivity index (χ1) is 9.27. The molecule has 112 valence electrons. The third kappa shape index (κ3) is 4.36. The van der Waals surface area contributed by atoms with Crippen molar-refractivity contribution in [1.82, 2.24) is 10.0 Å². The van der Waals surface area contributed by atoms with Crippen molar-refractivity contribution in [2.75, 3.05) is 18.8 Å². The normalized spacial score (nSPS) is 11.3. The molecule has 8 heteroatoms. The summed E-state index contributed by atoms with van der Waals surface area (Å²) in [4.78, 5) is 11.3. The molecule has 0 heterocycles. The highest BCUT2D eigenvalue weighted by Crippen LogP contribution is 2.25. The summed E-state index contributed by atoms with van der Waals surface area (Å²) >= 11 is 5.82. The predicted molar refractivity (Wildman–Crippen MR) is 79.1 cm³/mol. The van der Waals surface area contributed by atoms with E-state index in [9.17, 15) is 13.2 Å². The van der Waals surface area contributed by atoms with Gasteiger partial charge in [0.05, 0.1) is 4.90 Å². The van der Waals surface area contributed by atoms with Gasteiger partial charge >= 0.3 is 0 Å². The van der Waals surface area contributed by atoms with E-state index < -0.39 is 10.0 Å². The molecule has 0 fully saturated rings. The monoisotopic (exact) mass is 319 g/mol. The van der Waals surface area contributed by atoms with Gasteiger partial charge in [0.25, 0.3) is 0 Å². The minimum absolute atomic E-state index is 0.0139. The highest BCUT2D eigenvalue weighted by molar-refractivity contribution is 7.89. The van der Waals surface area contributed by atoms with Crippen LogP contribution < -0.4 is 15.8 Å². The zero-order valence-electron chi connectivity index (χ0n) is 11.4. The maximum Gasteiger partial charge on any atom is 0.240 e. The number of nitrogens with one attached hydrogen (secondary N) is 2. The molecule has 6 nitrogen and oxygen atoms in total. The van der Waals surface area contributed by atoms with Crippen LogP contribution in [0, 0.1) is 6.92 Å². The van der Waals surface area contributed by atoms with Gasteiger partial charge in [-0.15, -0.1) is 0 Å². The van der Waals surface area contributed by atoms with Crippen LogP contribution in [0.4, 0.5) is 5.69 Å². The second-order valence-electron chi connectivity index (χ2n) is 4.22. The summed E-state index contributed by atoms with van der Waals surface area (Å²) < 4.78 is 26.6. The lowest BCUT2D eigenvalue weighted by Gasteiger charge is -2.11. The highest BCUT2D eigenvalue weighted by Gasteiger charge is 2.19. The molecule has 0 aliphatic carbocycles. The molecule has 20 heavy (non-hydrogen) atoms. The van der Waals surface area contributed by atoms with Gasteiger partial charge < -0.3 is 11.1 Å². The highest BCUT2D eigenvalue weighted by atomic mass is 35.5. The standard InChI is InChI=1S/C12H18ClN3O3S/c1-3-15-12(17)4-5-16-20(18,19)11-7-9(13)6-10(14)8(11)2/h6-7,16H,3-5,14H2,1-2H3,(H,15,17). The third-order valence-electron chi connectivity index (χ3n) is 2.67. The van der Waals surface area contributed by atoms with Crippen LogP contribution in [0.3, 0.4) is 0 Å². The van der Waals surface area contributed by atoms with Gasteiger partial charge in [-0.1, -0.05) is 11.6 Å². The van der Waals surface area contributed by atoms with Gasteiger partial charge in [-0.05, 0) is 31.5 Å². The van der Waals surface area contributed by atoms with E-state index in [1.807, 2.05) is 0 Å². The van der Waals surface area contributed by atoms with Gasteiger partial charge in [0.1, 0.15) is 0 Å². The number of hydrogen-bond donors (Lipinski definition) is 3. The summed E-state index contributed by atoms with van der Waals surface area (Å²) in [5.41, 5.74) is 6.43. The van der Waals surface area contributed by atoms with Crippen molar-refractivity contribution in [3.63, 3.8) is 0 Å². The first kappa shape index (κ1) is 16.7. The summed E-state index contributed by atoms with van der Waals surface area (Å²) in [6.07, 6.45) is 0.0716. The number of benzene rings is 1. The Morgan fingerprint density at radius 2 is 2.05 bits per heavy atom. The van der Waals surface area contributed by atoms with Crippen LogP contribution in [0.5, 0.6) is 0 Å². The number of carbonyl (C=O) groups excluding carboxylic acids is 1. The molecule has 0 spiro atoms. The summed E-state index contributed by atoms with van der Waals surface area (Å²) in [7, 11) is -3.74. The molecule has 0 atom stereocenters. The van der Waals surface area contributed by atoms with Gasteiger partial charge in [0.2, 0.25) is 15.9 Å². The summed E-state index contributed by atoms with van der Waals surface area (Å²) in [5, 5.41) is 2.83. The molecule has 0 bridgehead atoms. The number of halogens is 1. The lowest BCUT2D eigenvalue weighted by molar-refractivity contribution is -0.120. The fourth-order valence-corrected chi connectivity index (χ4v) is 3.24. The second kappa shape index (κ2) is 6.92. The van der Waals surface area contributed by atoms with Crippen molar-refractivity contribution in [3.8, 4) is 0 Å². The Kier molecular flexibility index (Phi) is 5.79. The fourth-order valence-electron chi connectivity index (χ4n) is 1.62. The lowest BCUT2D eigenvalue weighted by atomic mass is 10.2. The Bertz CT molecular complexity index is 602. The largest absolute Gasteiger partial charge is 0.398 e. The Hall–Kier alpha value is -1.31. The number of carbonyl (C=O) groups is 1. The molecule has 0 radical (unpaired) electrons. The molecular weight excluding hydrogens is 302 g/mol. The molecule has 0 aliphatic heterocycles. The van der Waals surface area contributed by atoms with E-state index in [1.54, 1.807) is 13.8 Å². The van der Waals surface area contributed by atoms with Crippen LogP contribution in [0.1, 0.15) is 18.9 Å². The Labute approximate surface area is 123 Å². The van der Waals surface area contributed by atoms with E-state index in [0.717, 1.165) is 0 Å². The SMILES string of the molecule is CCNC(=O)CCNS(=O)(=O)c1cc(Cl)cc(N)c1C. The quantitative estimate of drug-likeness (QED) is 0.682. The van der Waals surface area contributed by atoms with Crippen LogP contribution in [0.25, 0.3) is 0 Å². The number of rotatable bonds is 6. The predicted octanol–water partition coefficient (Wildman–Crippen LogP) is 1.04. The van der Waals surface area contributed by atoms with E-state index in [-0.39, 0.29) is 28.8 Å². The molecule has 1 rings (SSSR count). The lowest BCUT2D eigenvalue weighted by Crippen LogP contribution is -2.31. The molecule has 1 amide bonds. The van der Waals surface area contributed by atoms with Crippen LogP contribution in [-0.4, -0.2) is 27.4 Å². The maximum absolute atomic E-state index is 12.1. The molecule has 0 saturated heterocycles. The summed E-state index contributed by atoms with van der Waals surface area (Å²) in [6.45, 7) is 3.92. The fraction of sp³-hybridized carbons (Fsp3) is 0.417. The number of nitrogens with two attached hydrogens (primary N) is 1. The smallest absolute Gasteiger partial charge is 0.240 e. The zero-order chi connectivity index (χ0) is 15.3. The van der Waals surface area contributed by atoms with Crippen LogP contribution in [0.2, 0.25) is 5.02 Å². The number of anilines is 1. The average molecular weight is 320 g/mol. The topological polar surface area (TPSA) is 101 Å². The van der Waals surface area contributed by atoms with Gasteiger partial charge in [-0.2, -0.15) is 0 Å². The molecule has 1 aromatic carbocycles. The average Bonchev–Trinajstić information content (AvgIpc) is 2.33. The molecule has 4 N–H and O–H groups in total. The molecule has 0 aromatic heterocycles. The van der Waals surface area contributed by atoms with E-state index >= 15 is 0 Å². The summed E-state index contributed by atoms with van der Waals surface area (Å²) in [6, 6.07) is 2.83. The van der Waals surface area contributed by atoms with E-state index in [1.165, 1.54) is 12.1 Å². The number of hydrogen-bond acceptors (Lipinski definition) is 4. The molecule has 1 aromatic rings. The number of nitrogen functional groups attached to an aromatic ring is 1. The molecule has 0 saturated carbocycles. The first-order valence-corrected chi connectivity index (χ1v) is 7.96.